The second-order valence-corrected chi connectivity index (χ2v) is 6.55. The molecule has 29 heavy (non-hydrogen) atoms. The van der Waals surface area contributed by atoms with Gasteiger partial charge in [-0.05, 0) is 35.4 Å². The van der Waals surface area contributed by atoms with Gasteiger partial charge >= 0.3 is 0 Å². The van der Waals surface area contributed by atoms with Gasteiger partial charge in [-0.2, -0.15) is 0 Å². The zero-order valence-corrected chi connectivity index (χ0v) is 16.0. The van der Waals surface area contributed by atoms with Gasteiger partial charge in [0.2, 0.25) is 5.75 Å². The quantitative estimate of drug-likeness (QED) is 0.342. The Morgan fingerprint density at radius 3 is 1.38 bits per heavy atom. The molecule has 4 rings (SSSR count). The molecule has 3 nitrogen and oxygen atoms in total. The third-order valence-corrected chi connectivity index (χ3v) is 4.38. The van der Waals surface area contributed by atoms with Gasteiger partial charge in [-0.25, -0.2) is 0 Å². The van der Waals surface area contributed by atoms with Crippen LogP contribution in [0, 0.1) is 0 Å². The van der Waals surface area contributed by atoms with E-state index in [2.05, 4.69) is 0 Å². The molecule has 0 aliphatic carbocycles. The molecule has 0 aliphatic heterocycles. The van der Waals surface area contributed by atoms with Crippen LogP contribution in [0.1, 0.15) is 11.1 Å². The molecule has 4 aromatic rings. The van der Waals surface area contributed by atoms with Crippen LogP contribution in [0.25, 0.3) is 0 Å². The lowest BCUT2D eigenvalue weighted by Crippen LogP contribution is -2.01. The first kappa shape index (κ1) is 18.6. The fourth-order valence-corrected chi connectivity index (χ4v) is 2.90. The minimum Gasteiger partial charge on any atom is -0.485 e. The van der Waals surface area contributed by atoms with Crippen molar-refractivity contribution in [3.63, 3.8) is 0 Å². The first-order chi connectivity index (χ1) is 14.4. The topological polar surface area (TPSA) is 27.7 Å². The van der Waals surface area contributed by atoms with E-state index in [4.69, 9.17) is 14.2 Å². The van der Waals surface area contributed by atoms with Crippen molar-refractivity contribution in [1.29, 1.82) is 0 Å². The van der Waals surface area contributed by atoms with Gasteiger partial charge < -0.3 is 14.2 Å². The van der Waals surface area contributed by atoms with E-state index in [-0.39, 0.29) is 0 Å². The SMILES string of the molecule is c1ccc(COc2cccc(OCc3ccccc3)c2Oc2ccccc2)cc1. The summed E-state index contributed by atoms with van der Waals surface area (Å²) in [7, 11) is 0. The van der Waals surface area contributed by atoms with Gasteiger partial charge in [-0.15, -0.1) is 0 Å². The Hall–Kier alpha value is -3.72. The summed E-state index contributed by atoms with van der Waals surface area (Å²) in [4.78, 5) is 0. The lowest BCUT2D eigenvalue weighted by Gasteiger charge is -2.17. The van der Waals surface area contributed by atoms with Crippen molar-refractivity contribution in [3.05, 3.63) is 120 Å². The molecule has 4 aromatic carbocycles. The van der Waals surface area contributed by atoms with E-state index in [0.29, 0.717) is 30.5 Å². The van der Waals surface area contributed by atoms with Crippen LogP contribution in [0.5, 0.6) is 23.0 Å². The molecule has 0 amide bonds. The van der Waals surface area contributed by atoms with Gasteiger partial charge in [-0.3, -0.25) is 0 Å². The van der Waals surface area contributed by atoms with E-state index in [1.165, 1.54) is 0 Å². The molecule has 0 saturated carbocycles. The molecule has 3 heteroatoms. The minimum atomic E-state index is 0.453. The van der Waals surface area contributed by atoms with Crippen LogP contribution in [-0.4, -0.2) is 0 Å². The molecule has 144 valence electrons. The molecule has 0 heterocycles. The Morgan fingerprint density at radius 2 is 0.897 bits per heavy atom. The highest BCUT2D eigenvalue weighted by molar-refractivity contribution is 5.53. The van der Waals surface area contributed by atoms with Crippen molar-refractivity contribution in [2.24, 2.45) is 0 Å². The van der Waals surface area contributed by atoms with E-state index in [0.717, 1.165) is 16.9 Å². The monoisotopic (exact) mass is 382 g/mol. The molecule has 0 saturated heterocycles. The zero-order chi connectivity index (χ0) is 19.7. The highest BCUT2D eigenvalue weighted by Crippen LogP contribution is 2.41. The van der Waals surface area contributed by atoms with Gasteiger partial charge in [0.15, 0.2) is 11.5 Å². The van der Waals surface area contributed by atoms with Crippen LogP contribution >= 0.6 is 0 Å². The van der Waals surface area contributed by atoms with Crippen LogP contribution in [0.4, 0.5) is 0 Å². The van der Waals surface area contributed by atoms with Crippen molar-refractivity contribution in [2.45, 2.75) is 13.2 Å². The smallest absolute Gasteiger partial charge is 0.211 e. The summed E-state index contributed by atoms with van der Waals surface area (Å²) in [5, 5.41) is 0. The maximum Gasteiger partial charge on any atom is 0.211 e. The third kappa shape index (κ3) is 5.17. The number of benzene rings is 4. The average Bonchev–Trinajstić information content (AvgIpc) is 2.79. The largest absolute Gasteiger partial charge is 0.485 e. The molecule has 0 aromatic heterocycles. The summed E-state index contributed by atoms with van der Waals surface area (Å²) in [5.41, 5.74) is 2.18. The van der Waals surface area contributed by atoms with Gasteiger partial charge in [0.05, 0.1) is 0 Å². The average molecular weight is 382 g/mol. The number of para-hydroxylation sites is 2. The fourth-order valence-electron chi connectivity index (χ4n) is 2.90. The van der Waals surface area contributed by atoms with Crippen molar-refractivity contribution < 1.29 is 14.2 Å². The van der Waals surface area contributed by atoms with E-state index < -0.39 is 0 Å². The van der Waals surface area contributed by atoms with Crippen LogP contribution in [0.3, 0.4) is 0 Å². The molecule has 0 aliphatic rings. The lowest BCUT2D eigenvalue weighted by molar-refractivity contribution is 0.266. The number of rotatable bonds is 8. The third-order valence-electron chi connectivity index (χ3n) is 4.38. The van der Waals surface area contributed by atoms with E-state index in [1.807, 2.05) is 109 Å². The van der Waals surface area contributed by atoms with Crippen LogP contribution in [0.15, 0.2) is 109 Å². The van der Waals surface area contributed by atoms with Crippen LogP contribution < -0.4 is 14.2 Å². The van der Waals surface area contributed by atoms with E-state index >= 15 is 0 Å². The number of hydrogen-bond donors (Lipinski definition) is 0. The molecular formula is C26H22O3. The molecule has 0 bridgehead atoms. The molecular weight excluding hydrogens is 360 g/mol. The van der Waals surface area contributed by atoms with E-state index in [9.17, 15) is 0 Å². The highest BCUT2D eigenvalue weighted by Gasteiger charge is 2.14. The number of hydrogen-bond acceptors (Lipinski definition) is 3. The Bertz CT molecular complexity index is 954. The standard InChI is InChI=1S/C26H22O3/c1-4-11-21(12-5-1)19-27-24-17-10-18-25(28-20-22-13-6-2-7-14-22)26(24)29-23-15-8-3-9-16-23/h1-18H,19-20H2. The van der Waals surface area contributed by atoms with Gasteiger partial charge in [-0.1, -0.05) is 84.9 Å². The van der Waals surface area contributed by atoms with Crippen molar-refractivity contribution in [1.82, 2.24) is 0 Å². The van der Waals surface area contributed by atoms with Crippen molar-refractivity contribution in [3.8, 4) is 23.0 Å². The summed E-state index contributed by atoms with van der Waals surface area (Å²) in [5.74, 6) is 2.59. The van der Waals surface area contributed by atoms with Crippen LogP contribution in [0.2, 0.25) is 0 Å². The first-order valence-corrected chi connectivity index (χ1v) is 9.58. The maximum absolute atomic E-state index is 6.17. The number of ether oxygens (including phenoxy) is 3. The summed E-state index contributed by atoms with van der Waals surface area (Å²) in [6, 6.07) is 35.5. The second kappa shape index (κ2) is 9.47. The predicted octanol–water partition coefficient (Wildman–Crippen LogP) is 6.64. The molecule has 0 N–H and O–H groups in total. The minimum absolute atomic E-state index is 0.453. The molecule has 0 spiro atoms. The Kier molecular flexibility index (Phi) is 6.08. The van der Waals surface area contributed by atoms with Gasteiger partial charge in [0.1, 0.15) is 19.0 Å². The second-order valence-electron chi connectivity index (χ2n) is 6.55. The Labute approximate surface area is 171 Å². The molecule has 0 unspecified atom stereocenters. The highest BCUT2D eigenvalue weighted by atomic mass is 16.5. The van der Waals surface area contributed by atoms with Crippen molar-refractivity contribution >= 4 is 0 Å². The van der Waals surface area contributed by atoms with Gasteiger partial charge in [0, 0.05) is 0 Å². The Balaban J connectivity index is 1.58. The first-order valence-electron chi connectivity index (χ1n) is 9.58. The summed E-state index contributed by atoms with van der Waals surface area (Å²) in [6.45, 7) is 0.905. The molecule has 0 atom stereocenters. The molecule has 0 radical (unpaired) electrons. The van der Waals surface area contributed by atoms with Crippen molar-refractivity contribution in [2.75, 3.05) is 0 Å². The lowest BCUT2D eigenvalue weighted by atomic mass is 10.2. The van der Waals surface area contributed by atoms with Gasteiger partial charge in [0.25, 0.3) is 0 Å². The summed E-state index contributed by atoms with van der Waals surface area (Å²) < 4.78 is 18.3. The van der Waals surface area contributed by atoms with Crippen LogP contribution in [-0.2, 0) is 13.2 Å². The van der Waals surface area contributed by atoms with E-state index in [1.54, 1.807) is 0 Å². The maximum atomic E-state index is 6.17. The summed E-state index contributed by atoms with van der Waals surface area (Å²) in [6.07, 6.45) is 0. The predicted molar refractivity (Wildman–Crippen MR) is 115 cm³/mol. The molecule has 0 fully saturated rings. The zero-order valence-electron chi connectivity index (χ0n) is 16.0. The summed E-state index contributed by atoms with van der Waals surface area (Å²) >= 11 is 0. The normalized spacial score (nSPS) is 10.3. The Morgan fingerprint density at radius 1 is 0.448 bits per heavy atom. The fraction of sp³-hybridized carbons (Fsp3) is 0.0769.